The van der Waals surface area contributed by atoms with Gasteiger partial charge in [-0.2, -0.15) is 0 Å². The third kappa shape index (κ3) is 3.32. The van der Waals surface area contributed by atoms with Gasteiger partial charge in [-0.3, -0.25) is 14.4 Å². The minimum absolute atomic E-state index is 0.143. The molecule has 0 radical (unpaired) electrons. The normalized spacial score (nSPS) is 9.88. The molecule has 0 atom stereocenters. The fraction of sp³-hybridized carbons (Fsp3) is 0.200. The summed E-state index contributed by atoms with van der Waals surface area (Å²) >= 11 is 0. The van der Waals surface area contributed by atoms with Crippen molar-refractivity contribution in [3.63, 3.8) is 0 Å². The third-order valence-corrected chi connectivity index (χ3v) is 1.82. The zero-order chi connectivity index (χ0) is 12.1. The summed E-state index contributed by atoms with van der Waals surface area (Å²) in [5, 5.41) is 0. The van der Waals surface area contributed by atoms with Crippen LogP contribution in [0.5, 0.6) is 0 Å². The molecule has 1 rings (SSSR count). The van der Waals surface area contributed by atoms with Gasteiger partial charge in [0.2, 0.25) is 5.91 Å². The third-order valence-electron chi connectivity index (χ3n) is 1.82. The molecular formula is C10H11FN2O3. The van der Waals surface area contributed by atoms with Gasteiger partial charge >= 0.3 is 0 Å². The summed E-state index contributed by atoms with van der Waals surface area (Å²) in [7, 11) is 0. The SMILES string of the molecule is Cc1ccc(F)cc1C(=O)NOCC(N)=O. The van der Waals surface area contributed by atoms with Crippen molar-refractivity contribution in [3.8, 4) is 0 Å². The molecule has 6 heteroatoms. The van der Waals surface area contributed by atoms with Gasteiger partial charge in [0.25, 0.3) is 5.91 Å². The maximum atomic E-state index is 12.9. The molecule has 0 aliphatic carbocycles. The Kier molecular flexibility index (Phi) is 3.96. The van der Waals surface area contributed by atoms with E-state index in [-0.39, 0.29) is 5.56 Å². The summed E-state index contributed by atoms with van der Waals surface area (Å²) in [6.45, 7) is 1.22. The standard InChI is InChI=1S/C10H11FN2O3/c1-6-2-3-7(11)4-8(6)10(15)13-16-5-9(12)14/h2-4H,5H2,1H3,(H2,12,14)(H,13,15). The molecule has 0 aliphatic rings. The number of primary amides is 1. The number of hydroxylamine groups is 1. The zero-order valence-electron chi connectivity index (χ0n) is 8.62. The van der Waals surface area contributed by atoms with Gasteiger partial charge in [0.1, 0.15) is 5.82 Å². The van der Waals surface area contributed by atoms with Gasteiger partial charge in [-0.25, -0.2) is 9.87 Å². The van der Waals surface area contributed by atoms with Crippen molar-refractivity contribution >= 4 is 11.8 Å². The largest absolute Gasteiger partial charge is 0.368 e. The predicted octanol–water partition coefficient (Wildman–Crippen LogP) is 0.281. The number of nitrogens with one attached hydrogen (secondary N) is 1. The monoisotopic (exact) mass is 226 g/mol. The van der Waals surface area contributed by atoms with Crippen LogP contribution in [0.3, 0.4) is 0 Å². The number of carbonyl (C=O) groups is 2. The first-order chi connectivity index (χ1) is 7.50. The van der Waals surface area contributed by atoms with E-state index in [9.17, 15) is 14.0 Å². The van der Waals surface area contributed by atoms with E-state index in [0.29, 0.717) is 5.56 Å². The van der Waals surface area contributed by atoms with Crippen LogP contribution in [0.15, 0.2) is 18.2 Å². The molecule has 0 unspecified atom stereocenters. The van der Waals surface area contributed by atoms with Crippen molar-refractivity contribution in [1.29, 1.82) is 0 Å². The van der Waals surface area contributed by atoms with E-state index in [1.165, 1.54) is 12.1 Å². The van der Waals surface area contributed by atoms with Crippen LogP contribution in [0.25, 0.3) is 0 Å². The van der Waals surface area contributed by atoms with Crippen LogP contribution in [-0.4, -0.2) is 18.4 Å². The summed E-state index contributed by atoms with van der Waals surface area (Å²) in [6.07, 6.45) is 0. The first-order valence-corrected chi connectivity index (χ1v) is 4.47. The summed E-state index contributed by atoms with van der Waals surface area (Å²) < 4.78 is 12.9. The van der Waals surface area contributed by atoms with E-state index >= 15 is 0 Å². The zero-order valence-corrected chi connectivity index (χ0v) is 8.62. The molecule has 0 spiro atoms. The van der Waals surface area contributed by atoms with E-state index < -0.39 is 24.2 Å². The minimum atomic E-state index is -0.712. The number of carbonyl (C=O) groups excluding carboxylic acids is 2. The summed E-state index contributed by atoms with van der Waals surface area (Å²) in [5.41, 5.74) is 7.53. The molecule has 0 heterocycles. The Morgan fingerprint density at radius 3 is 2.81 bits per heavy atom. The van der Waals surface area contributed by atoms with Gasteiger partial charge in [-0.1, -0.05) is 6.07 Å². The van der Waals surface area contributed by atoms with E-state index in [1.54, 1.807) is 6.92 Å². The molecule has 0 aliphatic heterocycles. The molecule has 0 aromatic heterocycles. The number of halogens is 1. The topological polar surface area (TPSA) is 81.4 Å². The number of amides is 2. The van der Waals surface area contributed by atoms with Gasteiger partial charge in [0.05, 0.1) is 0 Å². The lowest BCUT2D eigenvalue weighted by Crippen LogP contribution is -2.29. The Hall–Kier alpha value is -1.95. The van der Waals surface area contributed by atoms with Crippen molar-refractivity contribution in [2.24, 2.45) is 5.73 Å². The molecule has 2 amide bonds. The second-order valence-corrected chi connectivity index (χ2v) is 3.15. The van der Waals surface area contributed by atoms with Crippen molar-refractivity contribution in [2.45, 2.75) is 6.92 Å². The van der Waals surface area contributed by atoms with Crippen molar-refractivity contribution in [1.82, 2.24) is 5.48 Å². The number of nitrogens with two attached hydrogens (primary N) is 1. The number of rotatable bonds is 4. The fourth-order valence-electron chi connectivity index (χ4n) is 1.07. The Balaban J connectivity index is 2.65. The predicted molar refractivity (Wildman–Crippen MR) is 53.7 cm³/mol. The van der Waals surface area contributed by atoms with Crippen LogP contribution in [0, 0.1) is 12.7 Å². The molecule has 0 saturated carbocycles. The molecule has 16 heavy (non-hydrogen) atoms. The molecule has 1 aromatic carbocycles. The second kappa shape index (κ2) is 5.22. The molecule has 0 saturated heterocycles. The van der Waals surface area contributed by atoms with Crippen molar-refractivity contribution in [2.75, 3.05) is 6.61 Å². The Morgan fingerprint density at radius 1 is 1.50 bits per heavy atom. The van der Waals surface area contributed by atoms with Gasteiger partial charge in [0, 0.05) is 5.56 Å². The van der Waals surface area contributed by atoms with Crippen LogP contribution < -0.4 is 11.2 Å². The minimum Gasteiger partial charge on any atom is -0.368 e. The fourth-order valence-corrected chi connectivity index (χ4v) is 1.07. The molecular weight excluding hydrogens is 215 g/mol. The molecule has 86 valence electrons. The average molecular weight is 226 g/mol. The number of hydrogen-bond acceptors (Lipinski definition) is 3. The maximum Gasteiger partial charge on any atom is 0.275 e. The Labute approximate surface area is 91.3 Å². The first-order valence-electron chi connectivity index (χ1n) is 4.47. The quantitative estimate of drug-likeness (QED) is 0.723. The summed E-state index contributed by atoms with van der Waals surface area (Å²) in [4.78, 5) is 26.3. The highest BCUT2D eigenvalue weighted by Gasteiger charge is 2.10. The van der Waals surface area contributed by atoms with Gasteiger partial charge in [0.15, 0.2) is 6.61 Å². The molecule has 0 bridgehead atoms. The number of hydrogen-bond donors (Lipinski definition) is 2. The summed E-state index contributed by atoms with van der Waals surface area (Å²) in [6, 6.07) is 3.80. The highest BCUT2D eigenvalue weighted by Crippen LogP contribution is 2.09. The molecule has 3 N–H and O–H groups in total. The van der Waals surface area contributed by atoms with E-state index in [0.717, 1.165) is 6.07 Å². The maximum absolute atomic E-state index is 12.9. The second-order valence-electron chi connectivity index (χ2n) is 3.15. The van der Waals surface area contributed by atoms with Crippen molar-refractivity contribution in [3.05, 3.63) is 35.1 Å². The number of benzene rings is 1. The molecule has 5 nitrogen and oxygen atoms in total. The van der Waals surface area contributed by atoms with Crippen LogP contribution in [0.4, 0.5) is 4.39 Å². The number of aryl methyl sites for hydroxylation is 1. The lowest BCUT2D eigenvalue weighted by atomic mass is 10.1. The van der Waals surface area contributed by atoms with Gasteiger partial charge < -0.3 is 5.73 Å². The Bertz CT molecular complexity index is 421. The van der Waals surface area contributed by atoms with Crippen LogP contribution in [0.1, 0.15) is 15.9 Å². The lowest BCUT2D eigenvalue weighted by molar-refractivity contribution is -0.124. The lowest BCUT2D eigenvalue weighted by Gasteiger charge is -2.06. The molecule has 0 fully saturated rings. The highest BCUT2D eigenvalue weighted by molar-refractivity contribution is 5.95. The van der Waals surface area contributed by atoms with Crippen LogP contribution >= 0.6 is 0 Å². The van der Waals surface area contributed by atoms with Crippen LogP contribution in [-0.2, 0) is 9.63 Å². The van der Waals surface area contributed by atoms with E-state index in [4.69, 9.17) is 5.73 Å². The Morgan fingerprint density at radius 2 is 2.19 bits per heavy atom. The highest BCUT2D eigenvalue weighted by atomic mass is 19.1. The average Bonchev–Trinajstić information content (AvgIpc) is 2.21. The van der Waals surface area contributed by atoms with E-state index in [2.05, 4.69) is 4.84 Å². The smallest absolute Gasteiger partial charge is 0.275 e. The van der Waals surface area contributed by atoms with Crippen LogP contribution in [0.2, 0.25) is 0 Å². The summed E-state index contributed by atoms with van der Waals surface area (Å²) in [5.74, 6) is -1.86. The van der Waals surface area contributed by atoms with E-state index in [1.807, 2.05) is 5.48 Å². The van der Waals surface area contributed by atoms with Gasteiger partial charge in [-0.15, -0.1) is 0 Å². The molecule has 1 aromatic rings. The van der Waals surface area contributed by atoms with Gasteiger partial charge in [-0.05, 0) is 24.6 Å². The van der Waals surface area contributed by atoms with Crippen molar-refractivity contribution < 1.29 is 18.8 Å². The first kappa shape index (κ1) is 12.1.